The van der Waals surface area contributed by atoms with Gasteiger partial charge in [0.15, 0.2) is 0 Å². The second kappa shape index (κ2) is 7.43. The second-order valence-electron chi connectivity index (χ2n) is 6.42. The van der Waals surface area contributed by atoms with Crippen molar-refractivity contribution in [1.82, 2.24) is 9.80 Å². The van der Waals surface area contributed by atoms with Crippen LogP contribution in [-0.2, 0) is 0 Å². The fourth-order valence-electron chi connectivity index (χ4n) is 2.61. The van der Waals surface area contributed by atoms with Gasteiger partial charge in [0.05, 0.1) is 6.61 Å². The lowest BCUT2D eigenvalue weighted by molar-refractivity contribution is 0.166. The van der Waals surface area contributed by atoms with Gasteiger partial charge in [-0.3, -0.25) is 0 Å². The fraction of sp³-hybridized carbons (Fsp3) is 1.00. The van der Waals surface area contributed by atoms with Crippen molar-refractivity contribution >= 4 is 0 Å². The van der Waals surface area contributed by atoms with Crippen molar-refractivity contribution in [3.8, 4) is 0 Å². The molecule has 0 aliphatic carbocycles. The molecule has 4 nitrogen and oxygen atoms in total. The Morgan fingerprint density at radius 2 is 2.00 bits per heavy atom. The number of aliphatic hydroxyl groups excluding tert-OH is 1. The Hall–Kier alpha value is -0.160. The van der Waals surface area contributed by atoms with Gasteiger partial charge in [-0.2, -0.15) is 0 Å². The molecule has 1 heterocycles. The maximum absolute atomic E-state index is 9.10. The van der Waals surface area contributed by atoms with Crippen LogP contribution in [0.5, 0.6) is 0 Å². The summed E-state index contributed by atoms with van der Waals surface area (Å²) >= 11 is 0. The molecule has 0 aromatic heterocycles. The third kappa shape index (κ3) is 6.14. The van der Waals surface area contributed by atoms with Crippen LogP contribution in [0, 0.1) is 5.92 Å². The van der Waals surface area contributed by atoms with Crippen LogP contribution in [0.3, 0.4) is 0 Å². The molecule has 1 aliphatic rings. The maximum atomic E-state index is 9.10. The molecule has 1 unspecified atom stereocenters. The van der Waals surface area contributed by atoms with Crippen LogP contribution in [0.2, 0.25) is 0 Å². The van der Waals surface area contributed by atoms with E-state index in [4.69, 9.17) is 10.8 Å². The number of likely N-dealkylation sites (tertiary alicyclic amines) is 1. The van der Waals surface area contributed by atoms with Crippen molar-refractivity contribution in [1.29, 1.82) is 0 Å². The van der Waals surface area contributed by atoms with Crippen molar-refractivity contribution in [3.63, 3.8) is 0 Å². The van der Waals surface area contributed by atoms with Crippen molar-refractivity contribution < 1.29 is 5.11 Å². The Balaban J connectivity index is 2.12. The first-order valence-corrected chi connectivity index (χ1v) is 7.20. The Labute approximate surface area is 112 Å². The van der Waals surface area contributed by atoms with Crippen LogP contribution in [0.15, 0.2) is 0 Å². The molecule has 1 aliphatic heterocycles. The number of aliphatic hydroxyl groups is 1. The fourth-order valence-corrected chi connectivity index (χ4v) is 2.61. The van der Waals surface area contributed by atoms with Crippen molar-refractivity contribution in [2.75, 3.05) is 46.9 Å². The zero-order valence-electron chi connectivity index (χ0n) is 12.4. The molecule has 0 radical (unpaired) electrons. The lowest BCUT2D eigenvalue weighted by Gasteiger charge is -2.32. The van der Waals surface area contributed by atoms with Gasteiger partial charge in [-0.25, -0.2) is 0 Å². The second-order valence-corrected chi connectivity index (χ2v) is 6.42. The topological polar surface area (TPSA) is 52.7 Å². The predicted molar refractivity (Wildman–Crippen MR) is 76.6 cm³/mol. The quantitative estimate of drug-likeness (QED) is 0.707. The molecule has 1 rings (SSSR count). The Morgan fingerprint density at radius 1 is 1.39 bits per heavy atom. The van der Waals surface area contributed by atoms with Gasteiger partial charge in [-0.05, 0) is 72.3 Å². The van der Waals surface area contributed by atoms with Gasteiger partial charge < -0.3 is 20.6 Å². The SMILES string of the molecule is CN1CCC(CN(C)CCCC(C)(N)CO)CC1. The van der Waals surface area contributed by atoms with E-state index < -0.39 is 5.54 Å². The number of hydrogen-bond acceptors (Lipinski definition) is 4. The zero-order chi connectivity index (χ0) is 13.6. The summed E-state index contributed by atoms with van der Waals surface area (Å²) in [5.41, 5.74) is 5.52. The van der Waals surface area contributed by atoms with Crippen LogP contribution in [0.1, 0.15) is 32.6 Å². The van der Waals surface area contributed by atoms with E-state index in [0.717, 1.165) is 25.3 Å². The van der Waals surface area contributed by atoms with Crippen molar-refractivity contribution in [2.24, 2.45) is 11.7 Å². The van der Waals surface area contributed by atoms with E-state index in [9.17, 15) is 0 Å². The first-order chi connectivity index (χ1) is 8.43. The Morgan fingerprint density at radius 3 is 2.56 bits per heavy atom. The molecule has 0 bridgehead atoms. The van der Waals surface area contributed by atoms with E-state index in [1.54, 1.807) is 0 Å². The molecule has 0 saturated carbocycles. The standard InChI is InChI=1S/C14H31N3O/c1-14(15,12-18)7-4-8-17(3)11-13-5-9-16(2)10-6-13/h13,18H,4-12,15H2,1-3H3. The molecule has 0 spiro atoms. The molecule has 0 aromatic carbocycles. The summed E-state index contributed by atoms with van der Waals surface area (Å²) in [6.45, 7) is 6.76. The maximum Gasteiger partial charge on any atom is 0.0608 e. The highest BCUT2D eigenvalue weighted by Gasteiger charge is 2.19. The third-order valence-electron chi connectivity index (χ3n) is 4.06. The summed E-state index contributed by atoms with van der Waals surface area (Å²) in [7, 11) is 4.40. The number of nitrogens with zero attached hydrogens (tertiary/aromatic N) is 2. The molecule has 108 valence electrons. The molecule has 3 N–H and O–H groups in total. The van der Waals surface area contributed by atoms with Crippen LogP contribution < -0.4 is 5.73 Å². The highest BCUT2D eigenvalue weighted by molar-refractivity contribution is 4.78. The number of rotatable bonds is 7. The molecular formula is C14H31N3O. The number of hydrogen-bond donors (Lipinski definition) is 2. The smallest absolute Gasteiger partial charge is 0.0608 e. The van der Waals surface area contributed by atoms with Gasteiger partial charge in [0, 0.05) is 12.1 Å². The van der Waals surface area contributed by atoms with E-state index in [2.05, 4.69) is 23.9 Å². The van der Waals surface area contributed by atoms with Gasteiger partial charge in [0.1, 0.15) is 0 Å². The van der Waals surface area contributed by atoms with Gasteiger partial charge in [0.2, 0.25) is 0 Å². The summed E-state index contributed by atoms with van der Waals surface area (Å²) in [6.07, 6.45) is 4.61. The van der Waals surface area contributed by atoms with E-state index in [-0.39, 0.29) is 6.61 Å². The summed E-state index contributed by atoms with van der Waals surface area (Å²) in [5.74, 6) is 0.855. The monoisotopic (exact) mass is 257 g/mol. The minimum Gasteiger partial charge on any atom is -0.394 e. The van der Waals surface area contributed by atoms with Gasteiger partial charge in [-0.1, -0.05) is 0 Å². The van der Waals surface area contributed by atoms with E-state index >= 15 is 0 Å². The van der Waals surface area contributed by atoms with Gasteiger partial charge in [0.25, 0.3) is 0 Å². The average Bonchev–Trinajstić information content (AvgIpc) is 2.32. The molecule has 0 amide bonds. The highest BCUT2D eigenvalue weighted by Crippen LogP contribution is 2.17. The zero-order valence-corrected chi connectivity index (χ0v) is 12.4. The molecule has 1 atom stereocenters. The third-order valence-corrected chi connectivity index (χ3v) is 4.06. The molecule has 1 fully saturated rings. The summed E-state index contributed by atoms with van der Waals surface area (Å²) in [5, 5.41) is 9.10. The van der Waals surface area contributed by atoms with E-state index in [1.807, 2.05) is 6.92 Å². The van der Waals surface area contributed by atoms with Crippen LogP contribution >= 0.6 is 0 Å². The Bertz CT molecular complexity index is 225. The summed E-state index contributed by atoms with van der Waals surface area (Å²) in [6, 6.07) is 0. The van der Waals surface area contributed by atoms with Crippen molar-refractivity contribution in [3.05, 3.63) is 0 Å². The van der Waals surface area contributed by atoms with Crippen LogP contribution in [0.25, 0.3) is 0 Å². The molecule has 18 heavy (non-hydrogen) atoms. The largest absolute Gasteiger partial charge is 0.394 e. The molecular weight excluding hydrogens is 226 g/mol. The average molecular weight is 257 g/mol. The highest BCUT2D eigenvalue weighted by atomic mass is 16.3. The Kier molecular flexibility index (Phi) is 6.57. The molecule has 0 aromatic rings. The minimum absolute atomic E-state index is 0.0751. The number of piperidine rings is 1. The first kappa shape index (κ1) is 15.9. The minimum atomic E-state index is -0.408. The first-order valence-electron chi connectivity index (χ1n) is 7.20. The van der Waals surface area contributed by atoms with Crippen LogP contribution in [0.4, 0.5) is 0 Å². The van der Waals surface area contributed by atoms with Gasteiger partial charge in [-0.15, -0.1) is 0 Å². The normalized spacial score (nSPS) is 22.3. The summed E-state index contributed by atoms with van der Waals surface area (Å²) < 4.78 is 0. The molecule has 1 saturated heterocycles. The van der Waals surface area contributed by atoms with Crippen LogP contribution in [-0.4, -0.2) is 67.3 Å². The summed E-state index contributed by atoms with van der Waals surface area (Å²) in [4.78, 5) is 4.83. The molecule has 4 heteroatoms. The van der Waals surface area contributed by atoms with Gasteiger partial charge >= 0.3 is 0 Å². The van der Waals surface area contributed by atoms with E-state index in [1.165, 1.54) is 32.5 Å². The number of nitrogens with two attached hydrogens (primary N) is 1. The lowest BCUT2D eigenvalue weighted by atomic mass is 9.96. The van der Waals surface area contributed by atoms with Crippen molar-refractivity contribution in [2.45, 2.75) is 38.1 Å². The van der Waals surface area contributed by atoms with E-state index in [0.29, 0.717) is 0 Å². The predicted octanol–water partition coefficient (Wildman–Crippen LogP) is 0.750. The lowest BCUT2D eigenvalue weighted by Crippen LogP contribution is -2.41.